The monoisotopic (exact) mass is 300 g/mol. The van der Waals surface area contributed by atoms with Crippen LogP contribution in [0.1, 0.15) is 26.2 Å². The smallest absolute Gasteiger partial charge is 0.373 e. The van der Waals surface area contributed by atoms with Gasteiger partial charge < -0.3 is 15.3 Å². The van der Waals surface area contributed by atoms with Gasteiger partial charge in [0.2, 0.25) is 17.8 Å². The summed E-state index contributed by atoms with van der Waals surface area (Å²) in [5.74, 6) is -6.19. The largest absolute Gasteiger partial charge is 0.478 e. The van der Waals surface area contributed by atoms with Crippen LogP contribution in [0.4, 0.5) is 0 Å². The first-order valence-corrected chi connectivity index (χ1v) is 6.27. The van der Waals surface area contributed by atoms with Gasteiger partial charge in [-0.1, -0.05) is 19.8 Å². The van der Waals surface area contributed by atoms with E-state index >= 15 is 0 Å². The Morgan fingerprint density at radius 1 is 1.19 bits per heavy atom. The van der Waals surface area contributed by atoms with Crippen LogP contribution < -0.4 is 5.43 Å². The van der Waals surface area contributed by atoms with Crippen LogP contribution >= 0.6 is 0 Å². The van der Waals surface area contributed by atoms with Gasteiger partial charge in [-0.2, -0.15) is 4.99 Å². The van der Waals surface area contributed by atoms with Crippen LogP contribution in [0.2, 0.25) is 0 Å². The fourth-order valence-corrected chi connectivity index (χ4v) is 1.63. The van der Waals surface area contributed by atoms with E-state index < -0.39 is 35.7 Å². The molecule has 1 unspecified atom stereocenters. The van der Waals surface area contributed by atoms with E-state index in [2.05, 4.69) is 15.4 Å². The van der Waals surface area contributed by atoms with Gasteiger partial charge in [-0.3, -0.25) is 5.01 Å². The number of hydrazine groups is 1. The van der Waals surface area contributed by atoms with Gasteiger partial charge in [0, 0.05) is 6.54 Å². The number of hydrogen-bond donors (Lipinski definition) is 4. The van der Waals surface area contributed by atoms with E-state index in [0.717, 1.165) is 17.9 Å². The van der Waals surface area contributed by atoms with Crippen LogP contribution in [-0.4, -0.2) is 62.6 Å². The molecule has 0 bridgehead atoms. The van der Waals surface area contributed by atoms with E-state index in [1.54, 1.807) is 0 Å². The molecule has 0 aromatic heterocycles. The molecule has 116 valence electrons. The van der Waals surface area contributed by atoms with Gasteiger partial charge in [-0.25, -0.2) is 24.8 Å². The maximum Gasteiger partial charge on any atom is 0.373 e. The Labute approximate surface area is 119 Å². The molecule has 0 aliphatic carbocycles. The molecule has 1 heterocycles. The lowest BCUT2D eigenvalue weighted by Crippen LogP contribution is -2.57. The summed E-state index contributed by atoms with van der Waals surface area (Å²) in [6.45, 7) is 2.30. The number of aliphatic carboxylic acids is 3. The van der Waals surface area contributed by atoms with Crippen LogP contribution in [0.5, 0.6) is 0 Å². The molecule has 21 heavy (non-hydrogen) atoms. The molecule has 0 radical (unpaired) electrons. The first kappa shape index (κ1) is 16.6. The van der Waals surface area contributed by atoms with Crippen LogP contribution in [0.25, 0.3) is 0 Å². The zero-order valence-electron chi connectivity index (χ0n) is 11.3. The van der Waals surface area contributed by atoms with Crippen molar-refractivity contribution in [2.24, 2.45) is 9.98 Å². The van der Waals surface area contributed by atoms with Crippen molar-refractivity contribution in [2.75, 3.05) is 6.54 Å². The first-order chi connectivity index (χ1) is 9.88. The molecule has 4 N–H and O–H groups in total. The number of unbranched alkanes of at least 4 members (excludes halogenated alkanes) is 2. The molecule has 0 spiro atoms. The van der Waals surface area contributed by atoms with E-state index in [9.17, 15) is 14.4 Å². The minimum atomic E-state index is -1.69. The molecule has 0 fully saturated rings. The van der Waals surface area contributed by atoms with Crippen molar-refractivity contribution in [3.8, 4) is 0 Å². The molecule has 0 amide bonds. The number of carboxylic acids is 3. The van der Waals surface area contributed by atoms with Crippen molar-refractivity contribution >= 4 is 29.6 Å². The molecule has 1 rings (SSSR count). The number of carboxylic acid groups (broad SMARTS) is 3. The third-order valence-corrected chi connectivity index (χ3v) is 2.60. The molecule has 1 aliphatic rings. The van der Waals surface area contributed by atoms with E-state index in [-0.39, 0.29) is 0 Å². The minimum Gasteiger partial charge on any atom is -0.478 e. The summed E-state index contributed by atoms with van der Waals surface area (Å²) >= 11 is 0. The summed E-state index contributed by atoms with van der Waals surface area (Å²) in [6.07, 6.45) is 0.815. The third kappa shape index (κ3) is 4.24. The van der Waals surface area contributed by atoms with Gasteiger partial charge >= 0.3 is 17.9 Å². The normalized spacial score (nSPS) is 18.0. The molecule has 10 heteroatoms. The number of amidine groups is 2. The Hall–Kier alpha value is -2.49. The Morgan fingerprint density at radius 2 is 1.86 bits per heavy atom. The molecule has 0 saturated heterocycles. The summed E-state index contributed by atoms with van der Waals surface area (Å²) in [6, 6.07) is 0. The first-order valence-electron chi connectivity index (χ1n) is 6.27. The van der Waals surface area contributed by atoms with Gasteiger partial charge in [0.05, 0.1) is 0 Å². The topological polar surface area (TPSA) is 152 Å². The highest BCUT2D eigenvalue weighted by molar-refractivity contribution is 6.44. The van der Waals surface area contributed by atoms with Crippen molar-refractivity contribution in [1.29, 1.82) is 0 Å². The van der Waals surface area contributed by atoms with Gasteiger partial charge in [0.25, 0.3) is 0 Å². The van der Waals surface area contributed by atoms with Crippen LogP contribution in [0.15, 0.2) is 9.98 Å². The average Bonchev–Trinajstić information content (AvgIpc) is 2.42. The predicted molar refractivity (Wildman–Crippen MR) is 70.9 cm³/mol. The molecule has 1 atom stereocenters. The Kier molecular flexibility index (Phi) is 5.79. The Balaban J connectivity index is 3.00. The number of nitrogens with zero attached hydrogens (tertiary/aromatic N) is 3. The second kappa shape index (κ2) is 7.33. The van der Waals surface area contributed by atoms with Gasteiger partial charge in [-0.15, -0.1) is 0 Å². The predicted octanol–water partition coefficient (Wildman–Crippen LogP) is -0.626. The highest BCUT2D eigenvalue weighted by Crippen LogP contribution is 2.09. The third-order valence-electron chi connectivity index (χ3n) is 2.60. The van der Waals surface area contributed by atoms with Crippen LogP contribution in [0, 0.1) is 0 Å². The van der Waals surface area contributed by atoms with Crippen LogP contribution in [-0.2, 0) is 14.4 Å². The molecular formula is C11H16N4O6. The quantitative estimate of drug-likeness (QED) is 0.432. The standard InChI is InChI=1S/C11H16N4O6/c1-2-3-4-5-12-15-7(10(18)19)13-6(9(16)17)14-8(15)11(20)21/h7,12H,2-5H2,1H3,(H,16,17)(H,18,19)(H,20,21). The Bertz CT molecular complexity index is 501. The maximum absolute atomic E-state index is 11.2. The molecule has 0 saturated carbocycles. The van der Waals surface area contributed by atoms with E-state index in [0.29, 0.717) is 13.0 Å². The molecular weight excluding hydrogens is 284 g/mol. The number of rotatable bonds is 8. The highest BCUT2D eigenvalue weighted by Gasteiger charge is 2.36. The zero-order chi connectivity index (χ0) is 16.0. The Morgan fingerprint density at radius 3 is 2.33 bits per heavy atom. The van der Waals surface area contributed by atoms with Crippen molar-refractivity contribution in [3.05, 3.63) is 0 Å². The summed E-state index contributed by atoms with van der Waals surface area (Å²) in [4.78, 5) is 39.9. The summed E-state index contributed by atoms with van der Waals surface area (Å²) in [7, 11) is 0. The molecule has 0 aromatic carbocycles. The zero-order valence-corrected chi connectivity index (χ0v) is 11.3. The molecule has 1 aliphatic heterocycles. The summed E-state index contributed by atoms with van der Waals surface area (Å²) in [5, 5.41) is 27.7. The highest BCUT2D eigenvalue weighted by atomic mass is 16.4. The maximum atomic E-state index is 11.2. The molecule has 0 aromatic rings. The summed E-state index contributed by atoms with van der Waals surface area (Å²) in [5.41, 5.74) is 2.62. The van der Waals surface area contributed by atoms with Crippen molar-refractivity contribution < 1.29 is 29.7 Å². The van der Waals surface area contributed by atoms with Crippen molar-refractivity contribution in [2.45, 2.75) is 32.4 Å². The average molecular weight is 300 g/mol. The van der Waals surface area contributed by atoms with Gasteiger partial charge in [0.1, 0.15) is 0 Å². The number of hydrogen-bond acceptors (Lipinski definition) is 7. The van der Waals surface area contributed by atoms with Crippen molar-refractivity contribution in [3.63, 3.8) is 0 Å². The lowest BCUT2D eigenvalue weighted by Gasteiger charge is -2.30. The van der Waals surface area contributed by atoms with Gasteiger partial charge in [0.15, 0.2) is 0 Å². The van der Waals surface area contributed by atoms with E-state index in [1.165, 1.54) is 0 Å². The lowest BCUT2D eigenvalue weighted by atomic mass is 10.2. The number of aliphatic imine (C=N–C) groups is 2. The lowest BCUT2D eigenvalue weighted by molar-refractivity contribution is -0.142. The fraction of sp³-hybridized carbons (Fsp3) is 0.545. The minimum absolute atomic E-state index is 0.321. The van der Waals surface area contributed by atoms with E-state index in [1.807, 2.05) is 6.92 Å². The number of carbonyl (C=O) groups is 3. The van der Waals surface area contributed by atoms with E-state index in [4.69, 9.17) is 15.3 Å². The fourth-order valence-electron chi connectivity index (χ4n) is 1.63. The second-order valence-corrected chi connectivity index (χ2v) is 4.20. The molecule has 10 nitrogen and oxygen atoms in total. The summed E-state index contributed by atoms with van der Waals surface area (Å²) < 4.78 is 0. The van der Waals surface area contributed by atoms with Gasteiger partial charge in [-0.05, 0) is 6.42 Å². The number of nitrogens with one attached hydrogen (secondary N) is 1. The van der Waals surface area contributed by atoms with Crippen molar-refractivity contribution in [1.82, 2.24) is 10.4 Å². The SMILES string of the molecule is CCCCCNN1C(C(=O)O)=NC(C(=O)O)=NC1C(=O)O. The van der Waals surface area contributed by atoms with Crippen LogP contribution in [0.3, 0.4) is 0 Å². The second-order valence-electron chi connectivity index (χ2n) is 4.20.